The molecule has 0 fully saturated rings. The molecular weight excluding hydrogens is 304 g/mol. The molecule has 6 heteroatoms. The molecule has 0 radical (unpaired) electrons. The van der Waals surface area contributed by atoms with Gasteiger partial charge in [-0.05, 0) is 36.5 Å². The van der Waals surface area contributed by atoms with Crippen LogP contribution in [0.4, 0.5) is 5.69 Å². The Hall–Kier alpha value is -2.63. The second-order valence-electron chi connectivity index (χ2n) is 7.11. The van der Waals surface area contributed by atoms with Crippen LogP contribution in [0.25, 0.3) is 5.69 Å². The van der Waals surface area contributed by atoms with Gasteiger partial charge in [0.15, 0.2) is 5.78 Å². The highest BCUT2D eigenvalue weighted by Crippen LogP contribution is 2.37. The SMILES string of the molecule is CCc1nn(-c2ccc(C(N)=O)c(N)c2)c2c1C(=O)CC(C)(C)C2. The quantitative estimate of drug-likeness (QED) is 0.844. The molecule has 126 valence electrons. The van der Waals surface area contributed by atoms with Crippen molar-refractivity contribution in [2.24, 2.45) is 11.1 Å². The first-order valence-corrected chi connectivity index (χ1v) is 8.07. The summed E-state index contributed by atoms with van der Waals surface area (Å²) in [5.41, 5.74) is 14.9. The van der Waals surface area contributed by atoms with Crippen LogP contribution in [0, 0.1) is 5.41 Å². The third-order valence-corrected chi connectivity index (χ3v) is 4.50. The van der Waals surface area contributed by atoms with Crippen molar-refractivity contribution in [1.82, 2.24) is 9.78 Å². The Morgan fingerprint density at radius 3 is 2.62 bits per heavy atom. The number of rotatable bonds is 3. The third kappa shape index (κ3) is 2.58. The highest BCUT2D eigenvalue weighted by molar-refractivity contribution is 6.00. The Kier molecular flexibility index (Phi) is 3.70. The predicted octanol–water partition coefficient (Wildman–Crippen LogP) is 2.27. The lowest BCUT2D eigenvalue weighted by Crippen LogP contribution is -2.28. The van der Waals surface area contributed by atoms with Gasteiger partial charge in [0.2, 0.25) is 0 Å². The van der Waals surface area contributed by atoms with Gasteiger partial charge in [-0.3, -0.25) is 9.59 Å². The molecule has 0 unspecified atom stereocenters. The van der Waals surface area contributed by atoms with Crippen molar-refractivity contribution in [2.75, 3.05) is 5.73 Å². The number of nitrogens with two attached hydrogens (primary N) is 2. The van der Waals surface area contributed by atoms with E-state index < -0.39 is 5.91 Å². The molecule has 1 heterocycles. The molecule has 1 amide bonds. The van der Waals surface area contributed by atoms with Crippen LogP contribution in [-0.2, 0) is 12.8 Å². The zero-order valence-electron chi connectivity index (χ0n) is 14.2. The van der Waals surface area contributed by atoms with Crippen LogP contribution in [0.15, 0.2) is 18.2 Å². The molecule has 1 aromatic carbocycles. The number of ketones is 1. The average molecular weight is 326 g/mol. The number of benzene rings is 1. The summed E-state index contributed by atoms with van der Waals surface area (Å²) in [6, 6.07) is 5.04. The topological polar surface area (TPSA) is 104 Å². The molecule has 0 aliphatic heterocycles. The summed E-state index contributed by atoms with van der Waals surface area (Å²) in [4.78, 5) is 24.0. The molecule has 1 aliphatic carbocycles. The maximum atomic E-state index is 12.6. The number of fused-ring (bicyclic) bond motifs is 1. The Labute approximate surface area is 140 Å². The van der Waals surface area contributed by atoms with Gasteiger partial charge < -0.3 is 11.5 Å². The Morgan fingerprint density at radius 1 is 1.33 bits per heavy atom. The van der Waals surface area contributed by atoms with Crippen molar-refractivity contribution in [2.45, 2.75) is 40.0 Å². The van der Waals surface area contributed by atoms with Gasteiger partial charge >= 0.3 is 0 Å². The number of nitrogens with zero attached hydrogens (tertiary/aromatic N) is 2. The average Bonchev–Trinajstić information content (AvgIpc) is 2.84. The molecular formula is C18H22N4O2. The van der Waals surface area contributed by atoms with Crippen molar-refractivity contribution in [3.63, 3.8) is 0 Å². The summed E-state index contributed by atoms with van der Waals surface area (Å²) in [6.45, 7) is 6.16. The lowest BCUT2D eigenvalue weighted by atomic mass is 9.75. The number of aromatic nitrogens is 2. The van der Waals surface area contributed by atoms with E-state index in [9.17, 15) is 9.59 Å². The maximum absolute atomic E-state index is 12.6. The van der Waals surface area contributed by atoms with Crippen LogP contribution in [0.2, 0.25) is 0 Å². The van der Waals surface area contributed by atoms with E-state index in [1.54, 1.807) is 22.9 Å². The highest BCUT2D eigenvalue weighted by Gasteiger charge is 2.36. The van der Waals surface area contributed by atoms with E-state index in [2.05, 4.69) is 18.9 Å². The smallest absolute Gasteiger partial charge is 0.250 e. The maximum Gasteiger partial charge on any atom is 0.250 e. The number of hydrogen-bond donors (Lipinski definition) is 2. The summed E-state index contributed by atoms with van der Waals surface area (Å²) in [6.07, 6.45) is 1.98. The van der Waals surface area contributed by atoms with Crippen LogP contribution >= 0.6 is 0 Å². The van der Waals surface area contributed by atoms with E-state index in [-0.39, 0.29) is 16.8 Å². The number of Topliss-reactive ketones (excluding diaryl/α,β-unsaturated/α-hetero) is 1. The Bertz CT molecular complexity index is 849. The minimum absolute atomic E-state index is 0.106. The Morgan fingerprint density at radius 2 is 2.04 bits per heavy atom. The van der Waals surface area contributed by atoms with Crippen molar-refractivity contribution < 1.29 is 9.59 Å². The fourth-order valence-electron chi connectivity index (χ4n) is 3.39. The van der Waals surface area contributed by atoms with Gasteiger partial charge in [0.05, 0.1) is 28.2 Å². The lowest BCUT2D eigenvalue weighted by molar-refractivity contribution is 0.0909. The van der Waals surface area contributed by atoms with Crippen LogP contribution in [0.1, 0.15) is 59.3 Å². The van der Waals surface area contributed by atoms with Crippen LogP contribution in [0.3, 0.4) is 0 Å². The lowest BCUT2D eigenvalue weighted by Gasteiger charge is -2.29. The van der Waals surface area contributed by atoms with Crippen molar-refractivity contribution >= 4 is 17.4 Å². The summed E-state index contributed by atoms with van der Waals surface area (Å²) in [5, 5.41) is 4.64. The number of carbonyl (C=O) groups is 2. The van der Waals surface area contributed by atoms with E-state index in [0.717, 1.165) is 29.1 Å². The summed E-state index contributed by atoms with van der Waals surface area (Å²) in [7, 11) is 0. The molecule has 0 bridgehead atoms. The zero-order chi connectivity index (χ0) is 17.6. The fourth-order valence-corrected chi connectivity index (χ4v) is 3.39. The Balaban J connectivity index is 2.18. The minimum atomic E-state index is -0.563. The first-order valence-electron chi connectivity index (χ1n) is 8.07. The van der Waals surface area contributed by atoms with Crippen LogP contribution in [0.5, 0.6) is 0 Å². The molecule has 24 heavy (non-hydrogen) atoms. The number of anilines is 1. The zero-order valence-corrected chi connectivity index (χ0v) is 14.2. The summed E-state index contributed by atoms with van der Waals surface area (Å²) in [5.74, 6) is -0.418. The third-order valence-electron chi connectivity index (χ3n) is 4.50. The second-order valence-corrected chi connectivity index (χ2v) is 7.11. The van der Waals surface area contributed by atoms with Gasteiger partial charge in [-0.2, -0.15) is 5.10 Å². The van der Waals surface area contributed by atoms with Crippen molar-refractivity contribution in [1.29, 1.82) is 0 Å². The summed E-state index contributed by atoms with van der Waals surface area (Å²) < 4.78 is 1.79. The fraction of sp³-hybridized carbons (Fsp3) is 0.389. The van der Waals surface area contributed by atoms with Crippen molar-refractivity contribution in [3.8, 4) is 5.69 Å². The van der Waals surface area contributed by atoms with Gasteiger partial charge in [-0.1, -0.05) is 20.8 Å². The monoisotopic (exact) mass is 326 g/mol. The van der Waals surface area contributed by atoms with E-state index in [1.807, 2.05) is 6.92 Å². The molecule has 4 N–H and O–H groups in total. The van der Waals surface area contributed by atoms with E-state index in [0.29, 0.717) is 18.5 Å². The van der Waals surface area contributed by atoms with Gasteiger partial charge in [0.25, 0.3) is 5.91 Å². The molecule has 3 rings (SSSR count). The molecule has 2 aromatic rings. The number of nitrogen functional groups attached to an aromatic ring is 1. The van der Waals surface area contributed by atoms with E-state index >= 15 is 0 Å². The summed E-state index contributed by atoms with van der Waals surface area (Å²) >= 11 is 0. The van der Waals surface area contributed by atoms with E-state index in [4.69, 9.17) is 11.5 Å². The number of hydrogen-bond acceptors (Lipinski definition) is 4. The normalized spacial score (nSPS) is 16.0. The number of primary amides is 1. The molecule has 0 saturated heterocycles. The molecule has 1 aliphatic rings. The molecule has 6 nitrogen and oxygen atoms in total. The number of aryl methyl sites for hydroxylation is 1. The molecule has 0 spiro atoms. The second kappa shape index (κ2) is 5.47. The predicted molar refractivity (Wildman–Crippen MR) is 92.3 cm³/mol. The largest absolute Gasteiger partial charge is 0.398 e. The van der Waals surface area contributed by atoms with Crippen molar-refractivity contribution in [3.05, 3.63) is 40.7 Å². The highest BCUT2D eigenvalue weighted by atomic mass is 16.1. The standard InChI is InChI=1S/C18H22N4O2/c1-4-13-16-14(8-18(2,3)9-15(16)23)22(21-13)10-5-6-11(17(20)24)12(19)7-10/h5-7H,4,8-9,19H2,1-3H3,(H2,20,24). The minimum Gasteiger partial charge on any atom is -0.398 e. The van der Waals surface area contributed by atoms with Crippen LogP contribution < -0.4 is 11.5 Å². The van der Waals surface area contributed by atoms with E-state index in [1.165, 1.54) is 0 Å². The van der Waals surface area contributed by atoms with Gasteiger partial charge in [-0.15, -0.1) is 0 Å². The first kappa shape index (κ1) is 16.2. The van der Waals surface area contributed by atoms with Gasteiger partial charge in [0, 0.05) is 12.1 Å². The number of carbonyl (C=O) groups excluding carboxylic acids is 2. The molecule has 1 aromatic heterocycles. The van der Waals surface area contributed by atoms with Gasteiger partial charge in [0.1, 0.15) is 0 Å². The van der Waals surface area contributed by atoms with Gasteiger partial charge in [-0.25, -0.2) is 4.68 Å². The first-order chi connectivity index (χ1) is 11.2. The molecule has 0 atom stereocenters. The molecule has 0 saturated carbocycles. The van der Waals surface area contributed by atoms with Crippen LogP contribution in [-0.4, -0.2) is 21.5 Å². The number of amides is 1.